The maximum Gasteiger partial charge on any atom is 0.325 e. The number of amides is 3. The summed E-state index contributed by atoms with van der Waals surface area (Å²) in [7, 11) is 0. The minimum absolute atomic E-state index is 0.0536. The summed E-state index contributed by atoms with van der Waals surface area (Å²) >= 11 is 0. The molecule has 0 aliphatic carbocycles. The zero-order valence-electron chi connectivity index (χ0n) is 8.93. The minimum Gasteiger partial charge on any atom is -0.317 e. The number of allylic oxidation sites excluding steroid dienone is 1. The highest BCUT2D eigenvalue weighted by Gasteiger charge is 2.22. The van der Waals surface area contributed by atoms with Gasteiger partial charge in [0, 0.05) is 11.6 Å². The lowest BCUT2D eigenvalue weighted by Gasteiger charge is -2.21. The lowest BCUT2D eigenvalue weighted by molar-refractivity contribution is -0.124. The van der Waals surface area contributed by atoms with Crippen molar-refractivity contribution in [2.75, 3.05) is 13.1 Å². The van der Waals surface area contributed by atoms with E-state index in [-0.39, 0.29) is 11.8 Å². The maximum atomic E-state index is 11.6. The van der Waals surface area contributed by atoms with Crippen LogP contribution in [0.1, 0.15) is 19.8 Å². The number of rotatable bonds is 2. The standard InChI is InChI=1S/C10H17N3O2/c1-7(2)12-10(15)13-9(14)8-3-5-11-6-4-8/h8,11H,1,3-6H2,2H3,(H2,12,13,14,15). The topological polar surface area (TPSA) is 70.2 Å². The van der Waals surface area contributed by atoms with E-state index in [1.165, 1.54) is 0 Å². The number of nitrogens with one attached hydrogen (secondary N) is 3. The van der Waals surface area contributed by atoms with E-state index >= 15 is 0 Å². The van der Waals surface area contributed by atoms with Gasteiger partial charge in [0.2, 0.25) is 5.91 Å². The molecule has 0 atom stereocenters. The molecule has 0 aromatic heterocycles. The highest BCUT2D eigenvalue weighted by Crippen LogP contribution is 2.10. The van der Waals surface area contributed by atoms with Gasteiger partial charge in [0.25, 0.3) is 0 Å². The van der Waals surface area contributed by atoms with Crippen molar-refractivity contribution < 1.29 is 9.59 Å². The Morgan fingerprint density at radius 1 is 1.27 bits per heavy atom. The Hall–Kier alpha value is -1.36. The Bertz CT molecular complexity index is 270. The lowest BCUT2D eigenvalue weighted by Crippen LogP contribution is -2.44. The van der Waals surface area contributed by atoms with Crippen LogP contribution in [0.4, 0.5) is 4.79 Å². The van der Waals surface area contributed by atoms with Gasteiger partial charge in [0.15, 0.2) is 0 Å². The van der Waals surface area contributed by atoms with Crippen LogP contribution in [0.5, 0.6) is 0 Å². The molecule has 1 saturated heterocycles. The summed E-state index contributed by atoms with van der Waals surface area (Å²) in [6.45, 7) is 6.85. The van der Waals surface area contributed by atoms with Gasteiger partial charge in [-0.15, -0.1) is 0 Å². The van der Waals surface area contributed by atoms with Gasteiger partial charge in [-0.05, 0) is 32.9 Å². The zero-order valence-corrected chi connectivity index (χ0v) is 8.93. The van der Waals surface area contributed by atoms with E-state index in [2.05, 4.69) is 22.5 Å². The van der Waals surface area contributed by atoms with E-state index < -0.39 is 6.03 Å². The predicted octanol–water partition coefficient (Wildman–Crippen LogP) is 0.345. The fourth-order valence-corrected chi connectivity index (χ4v) is 1.52. The lowest BCUT2D eigenvalue weighted by atomic mass is 9.97. The van der Waals surface area contributed by atoms with Crippen LogP contribution in [-0.4, -0.2) is 25.0 Å². The van der Waals surface area contributed by atoms with Gasteiger partial charge in [-0.2, -0.15) is 0 Å². The molecule has 0 unspecified atom stereocenters. The van der Waals surface area contributed by atoms with Crippen LogP contribution in [0.15, 0.2) is 12.3 Å². The molecular formula is C10H17N3O2. The molecule has 0 radical (unpaired) electrons. The van der Waals surface area contributed by atoms with Crippen LogP contribution in [0.25, 0.3) is 0 Å². The fraction of sp³-hybridized carbons (Fsp3) is 0.600. The molecule has 5 heteroatoms. The number of urea groups is 1. The van der Waals surface area contributed by atoms with Crippen molar-refractivity contribution in [2.24, 2.45) is 5.92 Å². The summed E-state index contributed by atoms with van der Waals surface area (Å²) in [5, 5.41) is 7.90. The first-order valence-electron chi connectivity index (χ1n) is 5.07. The summed E-state index contributed by atoms with van der Waals surface area (Å²) in [4.78, 5) is 22.7. The number of carbonyl (C=O) groups is 2. The number of hydrogen-bond acceptors (Lipinski definition) is 3. The second kappa shape index (κ2) is 5.50. The number of carbonyl (C=O) groups excluding carboxylic acids is 2. The molecule has 84 valence electrons. The Morgan fingerprint density at radius 2 is 1.87 bits per heavy atom. The van der Waals surface area contributed by atoms with Crippen LogP contribution < -0.4 is 16.0 Å². The van der Waals surface area contributed by atoms with Crippen molar-refractivity contribution in [3.8, 4) is 0 Å². The van der Waals surface area contributed by atoms with Crippen molar-refractivity contribution in [2.45, 2.75) is 19.8 Å². The summed E-state index contributed by atoms with van der Waals surface area (Å²) in [6, 6.07) is -0.494. The van der Waals surface area contributed by atoms with E-state index in [0.717, 1.165) is 25.9 Å². The molecule has 0 bridgehead atoms. The summed E-state index contributed by atoms with van der Waals surface area (Å²) < 4.78 is 0. The van der Waals surface area contributed by atoms with Crippen molar-refractivity contribution >= 4 is 11.9 Å². The van der Waals surface area contributed by atoms with Crippen LogP contribution in [0.2, 0.25) is 0 Å². The van der Waals surface area contributed by atoms with Gasteiger partial charge in [-0.25, -0.2) is 4.79 Å². The molecule has 3 amide bonds. The average Bonchev–Trinajstić information content (AvgIpc) is 2.17. The largest absolute Gasteiger partial charge is 0.325 e. The van der Waals surface area contributed by atoms with Crippen LogP contribution >= 0.6 is 0 Å². The van der Waals surface area contributed by atoms with E-state index in [1.54, 1.807) is 6.92 Å². The van der Waals surface area contributed by atoms with Crippen LogP contribution in [0.3, 0.4) is 0 Å². The molecule has 1 aliphatic rings. The average molecular weight is 211 g/mol. The van der Waals surface area contributed by atoms with Gasteiger partial charge in [0.05, 0.1) is 0 Å². The SMILES string of the molecule is C=C(C)NC(=O)NC(=O)C1CCNCC1. The second-order valence-electron chi connectivity index (χ2n) is 3.75. The van der Waals surface area contributed by atoms with Crippen molar-refractivity contribution in [3.05, 3.63) is 12.3 Å². The maximum absolute atomic E-state index is 11.6. The van der Waals surface area contributed by atoms with Crippen molar-refractivity contribution in [1.29, 1.82) is 0 Å². The Labute approximate surface area is 89.3 Å². The zero-order chi connectivity index (χ0) is 11.3. The van der Waals surface area contributed by atoms with E-state index in [0.29, 0.717) is 5.70 Å². The molecule has 0 spiro atoms. The minimum atomic E-state index is -0.494. The molecule has 1 rings (SSSR count). The Balaban J connectivity index is 2.33. The Morgan fingerprint density at radius 3 is 2.40 bits per heavy atom. The number of piperidine rings is 1. The summed E-state index contributed by atoms with van der Waals surface area (Å²) in [6.07, 6.45) is 1.57. The molecule has 1 aliphatic heterocycles. The highest BCUT2D eigenvalue weighted by atomic mass is 16.2. The predicted molar refractivity (Wildman–Crippen MR) is 57.1 cm³/mol. The third-order valence-corrected chi connectivity index (χ3v) is 2.27. The van der Waals surface area contributed by atoms with Gasteiger partial charge in [-0.1, -0.05) is 6.58 Å². The smallest absolute Gasteiger partial charge is 0.317 e. The fourth-order valence-electron chi connectivity index (χ4n) is 1.52. The summed E-state index contributed by atoms with van der Waals surface area (Å²) in [5.41, 5.74) is 0.519. The summed E-state index contributed by atoms with van der Waals surface area (Å²) in [5.74, 6) is -0.252. The number of imide groups is 1. The third-order valence-electron chi connectivity index (χ3n) is 2.27. The van der Waals surface area contributed by atoms with E-state index in [4.69, 9.17) is 0 Å². The van der Waals surface area contributed by atoms with Gasteiger partial charge in [0.1, 0.15) is 0 Å². The molecule has 0 saturated carbocycles. The first kappa shape index (κ1) is 11.7. The van der Waals surface area contributed by atoms with Crippen LogP contribution in [-0.2, 0) is 4.79 Å². The molecule has 15 heavy (non-hydrogen) atoms. The molecule has 5 nitrogen and oxygen atoms in total. The van der Waals surface area contributed by atoms with Gasteiger partial charge < -0.3 is 10.6 Å². The Kier molecular flexibility index (Phi) is 4.30. The molecule has 1 heterocycles. The van der Waals surface area contributed by atoms with Crippen LogP contribution in [0, 0.1) is 5.92 Å². The van der Waals surface area contributed by atoms with E-state index in [1.807, 2.05) is 0 Å². The quantitative estimate of drug-likeness (QED) is 0.617. The van der Waals surface area contributed by atoms with Gasteiger partial charge >= 0.3 is 6.03 Å². The van der Waals surface area contributed by atoms with Crippen molar-refractivity contribution in [3.63, 3.8) is 0 Å². The first-order chi connectivity index (χ1) is 7.09. The monoisotopic (exact) mass is 211 g/mol. The van der Waals surface area contributed by atoms with Gasteiger partial charge in [-0.3, -0.25) is 10.1 Å². The molecule has 1 fully saturated rings. The third kappa shape index (κ3) is 4.12. The van der Waals surface area contributed by atoms with Crippen molar-refractivity contribution in [1.82, 2.24) is 16.0 Å². The van der Waals surface area contributed by atoms with E-state index in [9.17, 15) is 9.59 Å². The normalized spacial score (nSPS) is 16.9. The molecular weight excluding hydrogens is 194 g/mol. The second-order valence-corrected chi connectivity index (χ2v) is 3.75. The number of hydrogen-bond donors (Lipinski definition) is 3. The highest BCUT2D eigenvalue weighted by molar-refractivity contribution is 5.96. The first-order valence-corrected chi connectivity index (χ1v) is 5.07. The molecule has 0 aromatic carbocycles. The molecule has 0 aromatic rings. The molecule has 3 N–H and O–H groups in total.